The Labute approximate surface area is 305 Å². The normalized spacial score (nSPS) is 12.8. The number of rotatable bonds is 4. The Bertz CT molecular complexity index is 2880. The minimum absolute atomic E-state index is 0.937. The molecule has 0 bridgehead atoms. The van der Waals surface area contributed by atoms with E-state index in [0.717, 1.165) is 22.3 Å². The van der Waals surface area contributed by atoms with Gasteiger partial charge in [-0.2, -0.15) is 0 Å². The molecule has 0 aliphatic rings. The van der Waals surface area contributed by atoms with E-state index in [1.165, 1.54) is 86.5 Å². The topological polar surface area (TPSA) is 26.3 Å². The fraction of sp³-hybridized carbons (Fsp3) is 0.125. The van der Waals surface area contributed by atoms with Crippen LogP contribution in [0.2, 0.25) is 39.3 Å². The molecule has 10 aromatic rings. The van der Waals surface area contributed by atoms with E-state index in [2.05, 4.69) is 173 Å². The van der Waals surface area contributed by atoms with Crippen LogP contribution in [0.1, 0.15) is 0 Å². The lowest BCUT2D eigenvalue weighted by atomic mass is 9.90. The van der Waals surface area contributed by atoms with Gasteiger partial charge in [-0.05, 0) is 103 Å². The second kappa shape index (κ2) is 11.0. The van der Waals surface area contributed by atoms with Gasteiger partial charge in [0.25, 0.3) is 0 Å². The molecule has 0 aliphatic carbocycles. The molecule has 0 aliphatic heterocycles. The van der Waals surface area contributed by atoms with E-state index >= 15 is 0 Å². The van der Waals surface area contributed by atoms with Crippen LogP contribution in [0.3, 0.4) is 0 Å². The van der Waals surface area contributed by atoms with Crippen molar-refractivity contribution in [2.75, 3.05) is 0 Å². The SMILES string of the molecule is C[Si](C)(C)c1ccc2oc3ccc(-c4ccc5c6ccccc6c6ccc(-c7ccc8oc9ccc([Si](C)(C)C)cc9c8c7)cc6c5c4)cc3c2c1. The molecule has 8 aromatic carbocycles. The van der Waals surface area contributed by atoms with Crippen LogP contribution in [0.15, 0.2) is 142 Å². The molecular formula is C48H40O2Si2. The van der Waals surface area contributed by atoms with Gasteiger partial charge in [0.15, 0.2) is 0 Å². The maximum Gasteiger partial charge on any atom is 0.135 e. The average molecular weight is 705 g/mol. The van der Waals surface area contributed by atoms with Crippen molar-refractivity contribution in [2.45, 2.75) is 39.3 Å². The van der Waals surface area contributed by atoms with Crippen LogP contribution >= 0.6 is 0 Å². The Morgan fingerprint density at radius 1 is 0.288 bits per heavy atom. The molecule has 0 fully saturated rings. The highest BCUT2D eigenvalue weighted by Gasteiger charge is 2.20. The van der Waals surface area contributed by atoms with Gasteiger partial charge in [0.1, 0.15) is 22.3 Å². The minimum atomic E-state index is -1.47. The van der Waals surface area contributed by atoms with E-state index in [1.807, 2.05) is 0 Å². The zero-order valence-electron chi connectivity index (χ0n) is 30.5. The summed E-state index contributed by atoms with van der Waals surface area (Å²) in [6.45, 7) is 14.4. The van der Waals surface area contributed by atoms with Gasteiger partial charge in [-0.1, -0.05) is 135 Å². The van der Waals surface area contributed by atoms with Crippen LogP contribution in [-0.4, -0.2) is 16.1 Å². The average Bonchev–Trinajstić information content (AvgIpc) is 3.70. The van der Waals surface area contributed by atoms with Crippen molar-refractivity contribution in [3.63, 3.8) is 0 Å². The van der Waals surface area contributed by atoms with Gasteiger partial charge in [-0.25, -0.2) is 0 Å². The predicted molar refractivity (Wildman–Crippen MR) is 230 cm³/mol. The quantitative estimate of drug-likeness (QED) is 0.135. The molecule has 0 amide bonds. The number of hydrogen-bond donors (Lipinski definition) is 0. The lowest BCUT2D eigenvalue weighted by Crippen LogP contribution is -2.37. The first-order valence-electron chi connectivity index (χ1n) is 18.3. The van der Waals surface area contributed by atoms with Gasteiger partial charge in [0.05, 0.1) is 16.1 Å². The Balaban J connectivity index is 1.17. The van der Waals surface area contributed by atoms with Crippen molar-refractivity contribution in [1.29, 1.82) is 0 Å². The molecule has 0 spiro atoms. The summed E-state index contributed by atoms with van der Waals surface area (Å²) in [4.78, 5) is 0. The van der Waals surface area contributed by atoms with Crippen LogP contribution in [0.4, 0.5) is 0 Å². The lowest BCUT2D eigenvalue weighted by molar-refractivity contribution is 0.668. The van der Waals surface area contributed by atoms with E-state index in [0.29, 0.717) is 0 Å². The fourth-order valence-corrected chi connectivity index (χ4v) is 10.5. The summed E-state index contributed by atoms with van der Waals surface area (Å²) >= 11 is 0. The molecule has 0 saturated heterocycles. The van der Waals surface area contributed by atoms with Crippen molar-refractivity contribution in [3.8, 4) is 22.3 Å². The molecule has 0 radical (unpaired) electrons. The van der Waals surface area contributed by atoms with Gasteiger partial charge in [-0.15, -0.1) is 0 Å². The summed E-state index contributed by atoms with van der Waals surface area (Å²) in [7, 11) is -2.95. The highest BCUT2D eigenvalue weighted by Crippen LogP contribution is 2.41. The maximum absolute atomic E-state index is 6.32. The second-order valence-corrected chi connectivity index (χ2v) is 26.8. The third kappa shape index (κ3) is 4.89. The van der Waals surface area contributed by atoms with Crippen molar-refractivity contribution >= 4 is 103 Å². The first-order valence-corrected chi connectivity index (χ1v) is 25.3. The third-order valence-electron chi connectivity index (χ3n) is 11.2. The summed E-state index contributed by atoms with van der Waals surface area (Å²) in [5.41, 5.74) is 8.59. The monoisotopic (exact) mass is 704 g/mol. The van der Waals surface area contributed by atoms with Crippen molar-refractivity contribution in [1.82, 2.24) is 0 Å². The summed E-state index contributed by atoms with van der Waals surface area (Å²) in [5.74, 6) is 0. The summed E-state index contributed by atoms with van der Waals surface area (Å²) in [6, 6.07) is 49.7. The minimum Gasteiger partial charge on any atom is -0.456 e. The predicted octanol–water partition coefficient (Wildman–Crippen LogP) is 13.4. The van der Waals surface area contributed by atoms with Crippen LogP contribution in [0, 0.1) is 0 Å². The molecular weight excluding hydrogens is 665 g/mol. The van der Waals surface area contributed by atoms with Crippen LogP contribution < -0.4 is 10.4 Å². The first-order chi connectivity index (χ1) is 25.0. The largest absolute Gasteiger partial charge is 0.456 e. The van der Waals surface area contributed by atoms with E-state index in [-0.39, 0.29) is 0 Å². The van der Waals surface area contributed by atoms with E-state index < -0.39 is 16.1 Å². The third-order valence-corrected chi connectivity index (χ3v) is 15.3. The Hall–Kier alpha value is -5.43. The van der Waals surface area contributed by atoms with Gasteiger partial charge < -0.3 is 8.83 Å². The highest BCUT2D eigenvalue weighted by molar-refractivity contribution is 6.89. The number of furan rings is 2. The Morgan fingerprint density at radius 2 is 0.596 bits per heavy atom. The summed E-state index contributed by atoms with van der Waals surface area (Å²) in [5, 5.41) is 15.3. The zero-order chi connectivity index (χ0) is 35.5. The molecule has 2 nitrogen and oxygen atoms in total. The number of hydrogen-bond acceptors (Lipinski definition) is 2. The smallest absolute Gasteiger partial charge is 0.135 e. The number of fused-ring (bicyclic) bond motifs is 12. The molecule has 2 heterocycles. The van der Waals surface area contributed by atoms with Crippen LogP contribution in [0.25, 0.3) is 98.4 Å². The Morgan fingerprint density at radius 3 is 0.981 bits per heavy atom. The van der Waals surface area contributed by atoms with Gasteiger partial charge in [-0.3, -0.25) is 0 Å². The number of benzene rings is 8. The molecule has 10 rings (SSSR count). The van der Waals surface area contributed by atoms with E-state index in [1.54, 1.807) is 0 Å². The van der Waals surface area contributed by atoms with Crippen molar-refractivity contribution in [2.24, 2.45) is 0 Å². The van der Waals surface area contributed by atoms with Crippen molar-refractivity contribution in [3.05, 3.63) is 133 Å². The zero-order valence-corrected chi connectivity index (χ0v) is 32.5. The molecule has 4 heteroatoms. The fourth-order valence-electron chi connectivity index (χ4n) is 8.16. The molecule has 2 aromatic heterocycles. The lowest BCUT2D eigenvalue weighted by Gasteiger charge is -2.16. The molecule has 0 N–H and O–H groups in total. The van der Waals surface area contributed by atoms with E-state index in [9.17, 15) is 0 Å². The summed E-state index contributed by atoms with van der Waals surface area (Å²) in [6.07, 6.45) is 0. The summed E-state index contributed by atoms with van der Waals surface area (Å²) < 4.78 is 12.6. The van der Waals surface area contributed by atoms with E-state index in [4.69, 9.17) is 8.83 Å². The maximum atomic E-state index is 6.32. The van der Waals surface area contributed by atoms with Crippen LogP contribution in [-0.2, 0) is 0 Å². The van der Waals surface area contributed by atoms with Crippen molar-refractivity contribution < 1.29 is 8.83 Å². The van der Waals surface area contributed by atoms with Gasteiger partial charge in [0.2, 0.25) is 0 Å². The van der Waals surface area contributed by atoms with Crippen LogP contribution in [0.5, 0.6) is 0 Å². The molecule has 252 valence electrons. The molecule has 0 saturated carbocycles. The molecule has 0 unspecified atom stereocenters. The first kappa shape index (κ1) is 31.3. The van der Waals surface area contributed by atoms with Gasteiger partial charge in [0, 0.05) is 21.5 Å². The second-order valence-electron chi connectivity index (χ2n) is 16.6. The Kier molecular flexibility index (Phi) is 6.65. The molecule has 52 heavy (non-hydrogen) atoms. The molecule has 0 atom stereocenters. The highest BCUT2D eigenvalue weighted by atomic mass is 28.3. The standard InChI is InChI=1S/C48H40O2Si2/c1-51(2,3)33-15-21-47-43(27-33)41-25-31(13-19-45(41)49-47)29-11-17-37-35-9-7-8-10-36(35)38-18-12-30(24-40(38)39(37)23-29)32-14-20-46-42(26-32)44-28-34(52(4,5)6)16-22-48(44)50-46/h7-28H,1-6H3. The van der Waals surface area contributed by atoms with Gasteiger partial charge >= 0.3 is 0 Å².